The van der Waals surface area contributed by atoms with Crippen molar-refractivity contribution in [2.75, 3.05) is 5.32 Å². The minimum atomic E-state index is -0.0624. The average molecular weight is 159 g/mol. The van der Waals surface area contributed by atoms with E-state index in [1.165, 1.54) is 6.20 Å². The molecule has 0 saturated heterocycles. The molecule has 0 fully saturated rings. The highest BCUT2D eigenvalue weighted by Gasteiger charge is 2.18. The maximum absolute atomic E-state index is 10.9. The molecule has 0 aromatic carbocycles. The van der Waals surface area contributed by atoms with Gasteiger partial charge in [-0.1, -0.05) is 0 Å². The van der Waals surface area contributed by atoms with Gasteiger partial charge >= 0.3 is 0 Å². The van der Waals surface area contributed by atoms with Crippen LogP contribution in [0.15, 0.2) is 12.3 Å². The van der Waals surface area contributed by atoms with Crippen LogP contribution in [-0.4, -0.2) is 10.9 Å². The summed E-state index contributed by atoms with van der Waals surface area (Å²) in [6.07, 6.45) is 1.78. The van der Waals surface area contributed by atoms with E-state index in [-0.39, 0.29) is 5.91 Å². The second-order valence-electron chi connectivity index (χ2n) is 2.57. The normalized spacial score (nSPS) is 13.4. The van der Waals surface area contributed by atoms with Crippen molar-refractivity contribution in [1.82, 2.24) is 4.98 Å². The maximum Gasteiger partial charge on any atom is 0.230 e. The first-order valence-corrected chi connectivity index (χ1v) is 3.48. The molecule has 0 aliphatic carbocycles. The summed E-state index contributed by atoms with van der Waals surface area (Å²) in [7, 11) is 0. The molecule has 0 saturated carbocycles. The number of hydrogen-bond donors (Lipinski definition) is 1. The van der Waals surface area contributed by atoms with Crippen LogP contribution in [0.2, 0.25) is 0 Å². The molecule has 0 spiro atoms. The smallest absolute Gasteiger partial charge is 0.230 e. The largest absolute Gasteiger partial charge is 0.310 e. The van der Waals surface area contributed by atoms with Crippen LogP contribution in [0.5, 0.6) is 0 Å². The Morgan fingerprint density at radius 1 is 1.67 bits per heavy atom. The fourth-order valence-electron chi connectivity index (χ4n) is 1.17. The van der Waals surface area contributed by atoms with Crippen LogP contribution in [0, 0.1) is 11.3 Å². The Kier molecular flexibility index (Phi) is 1.31. The second-order valence-corrected chi connectivity index (χ2v) is 2.57. The Morgan fingerprint density at radius 3 is 3.25 bits per heavy atom. The number of carbonyl (C=O) groups is 1. The van der Waals surface area contributed by atoms with E-state index in [4.69, 9.17) is 5.26 Å². The monoisotopic (exact) mass is 159 g/mol. The van der Waals surface area contributed by atoms with Crippen LogP contribution in [0.4, 0.5) is 5.82 Å². The predicted octanol–water partition coefficient (Wildman–Crippen LogP) is 0.448. The summed E-state index contributed by atoms with van der Waals surface area (Å²) in [6.45, 7) is 0. The Labute approximate surface area is 68.8 Å². The number of rotatable bonds is 0. The van der Waals surface area contributed by atoms with Gasteiger partial charge in [0.1, 0.15) is 11.9 Å². The zero-order valence-electron chi connectivity index (χ0n) is 6.16. The third kappa shape index (κ3) is 0.920. The van der Waals surface area contributed by atoms with Crippen LogP contribution >= 0.6 is 0 Å². The molecule has 0 atom stereocenters. The van der Waals surface area contributed by atoms with Crippen LogP contribution in [0.1, 0.15) is 11.1 Å². The third-order valence-corrected chi connectivity index (χ3v) is 1.70. The Hall–Kier alpha value is -1.89. The molecule has 1 N–H and O–H groups in total. The molecule has 1 aliphatic heterocycles. The summed E-state index contributed by atoms with van der Waals surface area (Å²) >= 11 is 0. The molecule has 1 aromatic rings. The molecule has 4 heteroatoms. The lowest BCUT2D eigenvalue weighted by atomic mass is 10.2. The SMILES string of the molecule is N#Cc1cnc2c(c1)CC(=O)N2. The van der Waals surface area contributed by atoms with E-state index in [2.05, 4.69) is 10.3 Å². The number of hydrogen-bond acceptors (Lipinski definition) is 3. The van der Waals surface area contributed by atoms with Gasteiger partial charge in [0.25, 0.3) is 0 Å². The van der Waals surface area contributed by atoms with E-state index in [1.54, 1.807) is 6.07 Å². The van der Waals surface area contributed by atoms with Crippen molar-refractivity contribution >= 4 is 11.7 Å². The number of nitriles is 1. The zero-order valence-corrected chi connectivity index (χ0v) is 6.16. The van der Waals surface area contributed by atoms with E-state index in [1.807, 2.05) is 6.07 Å². The lowest BCUT2D eigenvalue weighted by Crippen LogP contribution is -2.04. The number of anilines is 1. The Morgan fingerprint density at radius 2 is 2.50 bits per heavy atom. The summed E-state index contributed by atoms with van der Waals surface area (Å²) in [5.74, 6) is 0.520. The second kappa shape index (κ2) is 2.31. The van der Waals surface area contributed by atoms with Crippen LogP contribution in [0.25, 0.3) is 0 Å². The van der Waals surface area contributed by atoms with Gasteiger partial charge in [-0.15, -0.1) is 0 Å². The molecular formula is C8H5N3O. The highest BCUT2D eigenvalue weighted by atomic mass is 16.1. The van der Waals surface area contributed by atoms with Crippen molar-refractivity contribution in [1.29, 1.82) is 5.26 Å². The van der Waals surface area contributed by atoms with Crippen molar-refractivity contribution in [2.24, 2.45) is 0 Å². The molecule has 0 radical (unpaired) electrons. The summed E-state index contributed by atoms with van der Waals surface area (Å²) in [5, 5.41) is 11.1. The first-order chi connectivity index (χ1) is 5.79. The number of nitrogens with zero attached hydrogens (tertiary/aromatic N) is 2. The van der Waals surface area contributed by atoms with Gasteiger partial charge in [0, 0.05) is 11.8 Å². The quantitative estimate of drug-likeness (QED) is 0.597. The number of amides is 1. The van der Waals surface area contributed by atoms with Gasteiger partial charge in [-0.3, -0.25) is 4.79 Å². The average Bonchev–Trinajstić information content (AvgIpc) is 2.43. The molecular weight excluding hydrogens is 154 g/mol. The topological polar surface area (TPSA) is 65.8 Å². The van der Waals surface area contributed by atoms with Crippen LogP contribution < -0.4 is 5.32 Å². The number of nitrogens with one attached hydrogen (secondary N) is 1. The van der Waals surface area contributed by atoms with E-state index < -0.39 is 0 Å². The van der Waals surface area contributed by atoms with Gasteiger partial charge in [-0.2, -0.15) is 5.26 Å². The summed E-state index contributed by atoms with van der Waals surface area (Å²) in [4.78, 5) is 14.8. The maximum atomic E-state index is 10.9. The molecule has 58 valence electrons. The van der Waals surface area contributed by atoms with Crippen LogP contribution in [-0.2, 0) is 11.2 Å². The van der Waals surface area contributed by atoms with E-state index in [0.717, 1.165) is 5.56 Å². The van der Waals surface area contributed by atoms with E-state index in [0.29, 0.717) is 17.8 Å². The molecule has 4 nitrogen and oxygen atoms in total. The van der Waals surface area contributed by atoms with Gasteiger partial charge < -0.3 is 5.32 Å². The summed E-state index contributed by atoms with van der Waals surface area (Å²) < 4.78 is 0. The predicted molar refractivity (Wildman–Crippen MR) is 41.3 cm³/mol. The molecule has 1 aromatic heterocycles. The highest BCUT2D eigenvalue weighted by molar-refractivity contribution is 5.97. The first-order valence-electron chi connectivity index (χ1n) is 3.48. The third-order valence-electron chi connectivity index (χ3n) is 1.70. The minimum absolute atomic E-state index is 0.0624. The van der Waals surface area contributed by atoms with Gasteiger partial charge in [0.05, 0.1) is 12.0 Å². The van der Waals surface area contributed by atoms with Crippen molar-refractivity contribution < 1.29 is 4.79 Å². The molecule has 0 unspecified atom stereocenters. The Balaban J connectivity index is 2.50. The standard InChI is InChI=1S/C8H5N3O/c9-3-5-1-6-2-7(12)11-8(6)10-4-5/h1,4H,2H2,(H,10,11,12). The number of pyridine rings is 1. The summed E-state index contributed by atoms with van der Waals surface area (Å²) in [5.41, 5.74) is 1.30. The van der Waals surface area contributed by atoms with Crippen molar-refractivity contribution in [3.8, 4) is 6.07 Å². The molecule has 1 aliphatic rings. The van der Waals surface area contributed by atoms with Crippen molar-refractivity contribution in [2.45, 2.75) is 6.42 Å². The van der Waals surface area contributed by atoms with Gasteiger partial charge in [-0.05, 0) is 6.07 Å². The molecule has 2 rings (SSSR count). The molecule has 12 heavy (non-hydrogen) atoms. The van der Waals surface area contributed by atoms with Gasteiger partial charge in [0.2, 0.25) is 5.91 Å². The number of fused-ring (bicyclic) bond motifs is 1. The molecule has 0 bridgehead atoms. The van der Waals surface area contributed by atoms with Crippen LogP contribution in [0.3, 0.4) is 0 Å². The molecule has 1 amide bonds. The Bertz CT molecular complexity index is 392. The van der Waals surface area contributed by atoms with E-state index >= 15 is 0 Å². The lowest BCUT2D eigenvalue weighted by molar-refractivity contribution is -0.115. The fourth-order valence-corrected chi connectivity index (χ4v) is 1.17. The zero-order chi connectivity index (χ0) is 8.55. The first kappa shape index (κ1) is 6.80. The summed E-state index contributed by atoms with van der Waals surface area (Å²) in [6, 6.07) is 3.65. The lowest BCUT2D eigenvalue weighted by Gasteiger charge is -1.94. The van der Waals surface area contributed by atoms with Gasteiger partial charge in [0.15, 0.2) is 0 Å². The number of aromatic nitrogens is 1. The van der Waals surface area contributed by atoms with Gasteiger partial charge in [-0.25, -0.2) is 4.98 Å². The highest BCUT2D eigenvalue weighted by Crippen LogP contribution is 2.20. The van der Waals surface area contributed by atoms with Crippen molar-refractivity contribution in [3.63, 3.8) is 0 Å². The number of carbonyl (C=O) groups excluding carboxylic acids is 1. The fraction of sp³-hybridized carbons (Fsp3) is 0.125. The molecule has 2 heterocycles. The van der Waals surface area contributed by atoms with Crippen molar-refractivity contribution in [3.05, 3.63) is 23.4 Å². The van der Waals surface area contributed by atoms with E-state index in [9.17, 15) is 4.79 Å². The minimum Gasteiger partial charge on any atom is -0.310 e.